The number of aryl methyl sites for hydroxylation is 1. The fraction of sp³-hybridized carbons (Fsp3) is 0.286. The maximum Gasteiger partial charge on any atom is 0.234 e. The summed E-state index contributed by atoms with van der Waals surface area (Å²) < 4.78 is 1.87. The van der Waals surface area contributed by atoms with Crippen LogP contribution < -0.4 is 5.32 Å². The monoisotopic (exact) mass is 304 g/mol. The van der Waals surface area contributed by atoms with Gasteiger partial charge in [0.05, 0.1) is 5.75 Å². The molecule has 1 amide bonds. The van der Waals surface area contributed by atoms with Crippen LogP contribution in [0.1, 0.15) is 24.2 Å². The molecule has 0 aliphatic heterocycles. The number of rotatable bonds is 6. The number of carbonyl (C=O) groups is 2. The third-order valence-electron chi connectivity index (χ3n) is 2.83. The predicted molar refractivity (Wildman–Crippen MR) is 81.5 cm³/mol. The lowest BCUT2D eigenvalue weighted by Crippen LogP contribution is -2.14. The first-order valence-corrected chi connectivity index (χ1v) is 7.50. The summed E-state index contributed by atoms with van der Waals surface area (Å²) in [5.74, 6) is 0.135. The molecule has 6 nitrogen and oxygen atoms in total. The summed E-state index contributed by atoms with van der Waals surface area (Å²) in [5.41, 5.74) is 1.29. The van der Waals surface area contributed by atoms with Crippen LogP contribution in [0.5, 0.6) is 0 Å². The van der Waals surface area contributed by atoms with E-state index in [4.69, 9.17) is 0 Å². The van der Waals surface area contributed by atoms with Crippen LogP contribution in [-0.2, 0) is 11.3 Å². The Kier molecular flexibility index (Phi) is 5.10. The SMILES string of the molecule is CCn1cnnc1SCC(=O)Nc1ccc(C(C)=O)cc1. The van der Waals surface area contributed by atoms with Gasteiger partial charge in [-0.3, -0.25) is 9.59 Å². The number of hydrogen-bond donors (Lipinski definition) is 1. The first kappa shape index (κ1) is 15.2. The summed E-state index contributed by atoms with van der Waals surface area (Å²) in [6.45, 7) is 4.27. The van der Waals surface area contributed by atoms with E-state index >= 15 is 0 Å². The molecular weight excluding hydrogens is 288 g/mol. The maximum atomic E-state index is 11.9. The van der Waals surface area contributed by atoms with E-state index in [0.717, 1.165) is 11.7 Å². The second-order valence-electron chi connectivity index (χ2n) is 4.37. The van der Waals surface area contributed by atoms with Crippen molar-refractivity contribution < 1.29 is 9.59 Å². The highest BCUT2D eigenvalue weighted by Gasteiger charge is 2.08. The number of thioether (sulfide) groups is 1. The fourth-order valence-electron chi connectivity index (χ4n) is 1.69. The Labute approximate surface area is 127 Å². The maximum absolute atomic E-state index is 11.9. The molecule has 1 aromatic heterocycles. The summed E-state index contributed by atoms with van der Waals surface area (Å²) >= 11 is 1.34. The zero-order chi connectivity index (χ0) is 15.2. The largest absolute Gasteiger partial charge is 0.325 e. The van der Waals surface area contributed by atoms with Crippen molar-refractivity contribution >= 4 is 29.1 Å². The molecule has 0 aliphatic rings. The molecule has 0 saturated heterocycles. The van der Waals surface area contributed by atoms with E-state index in [-0.39, 0.29) is 17.4 Å². The van der Waals surface area contributed by atoms with E-state index in [1.54, 1.807) is 30.6 Å². The Bertz CT molecular complexity index is 637. The number of ketones is 1. The number of amides is 1. The van der Waals surface area contributed by atoms with Crippen molar-refractivity contribution in [2.24, 2.45) is 0 Å². The quantitative estimate of drug-likeness (QED) is 0.654. The van der Waals surface area contributed by atoms with Crippen LogP contribution in [0.4, 0.5) is 5.69 Å². The number of nitrogens with zero attached hydrogens (tertiary/aromatic N) is 3. The van der Waals surface area contributed by atoms with E-state index in [0.29, 0.717) is 11.3 Å². The van der Waals surface area contributed by atoms with Crippen LogP contribution in [0.2, 0.25) is 0 Å². The molecule has 21 heavy (non-hydrogen) atoms. The van der Waals surface area contributed by atoms with E-state index < -0.39 is 0 Å². The number of aromatic nitrogens is 3. The molecule has 2 rings (SSSR count). The Balaban J connectivity index is 1.88. The van der Waals surface area contributed by atoms with Gasteiger partial charge in [-0.2, -0.15) is 0 Å². The minimum atomic E-state index is -0.124. The molecule has 1 N–H and O–H groups in total. The Morgan fingerprint density at radius 3 is 2.62 bits per heavy atom. The van der Waals surface area contributed by atoms with Gasteiger partial charge in [0.2, 0.25) is 5.91 Å². The second kappa shape index (κ2) is 7.03. The number of hydrogen-bond acceptors (Lipinski definition) is 5. The first-order valence-electron chi connectivity index (χ1n) is 6.51. The standard InChI is InChI=1S/C14H16N4O2S/c1-3-18-9-15-17-14(18)21-8-13(20)16-12-6-4-11(5-7-12)10(2)19/h4-7,9H,3,8H2,1-2H3,(H,16,20). The van der Waals surface area contributed by atoms with Crippen molar-refractivity contribution in [2.75, 3.05) is 11.1 Å². The molecule has 1 heterocycles. The van der Waals surface area contributed by atoms with Crippen molar-refractivity contribution in [3.8, 4) is 0 Å². The van der Waals surface area contributed by atoms with Crippen molar-refractivity contribution in [1.29, 1.82) is 0 Å². The van der Waals surface area contributed by atoms with Crippen molar-refractivity contribution in [1.82, 2.24) is 14.8 Å². The number of Topliss-reactive ketones (excluding diaryl/α,β-unsaturated/α-hetero) is 1. The minimum absolute atomic E-state index is 0.00216. The van der Waals surface area contributed by atoms with Crippen molar-refractivity contribution in [3.05, 3.63) is 36.2 Å². The van der Waals surface area contributed by atoms with Gasteiger partial charge in [0.25, 0.3) is 0 Å². The molecule has 0 aliphatic carbocycles. The molecule has 0 bridgehead atoms. The van der Waals surface area contributed by atoms with Crippen LogP contribution in [0.15, 0.2) is 35.7 Å². The number of benzene rings is 1. The fourth-order valence-corrected chi connectivity index (χ4v) is 2.47. The summed E-state index contributed by atoms with van der Waals surface area (Å²) in [6.07, 6.45) is 1.64. The summed E-state index contributed by atoms with van der Waals surface area (Å²) in [5, 5.41) is 11.3. The molecule has 0 atom stereocenters. The molecule has 0 fully saturated rings. The third kappa shape index (κ3) is 4.16. The zero-order valence-corrected chi connectivity index (χ0v) is 12.7. The number of nitrogens with one attached hydrogen (secondary N) is 1. The van der Waals surface area contributed by atoms with Gasteiger partial charge in [0, 0.05) is 17.8 Å². The Hall–Kier alpha value is -2.15. The third-order valence-corrected chi connectivity index (χ3v) is 3.81. The molecular formula is C14H16N4O2S. The Morgan fingerprint density at radius 1 is 1.29 bits per heavy atom. The first-order chi connectivity index (χ1) is 10.1. The molecule has 2 aromatic rings. The predicted octanol–water partition coefficient (Wildman–Crippen LogP) is 2.23. The molecule has 0 spiro atoms. The highest BCUT2D eigenvalue weighted by molar-refractivity contribution is 7.99. The molecule has 110 valence electrons. The van der Waals surface area contributed by atoms with Gasteiger partial charge in [0.1, 0.15) is 6.33 Å². The minimum Gasteiger partial charge on any atom is -0.325 e. The van der Waals surface area contributed by atoms with Crippen LogP contribution in [0, 0.1) is 0 Å². The normalized spacial score (nSPS) is 10.4. The average molecular weight is 304 g/mol. The van der Waals surface area contributed by atoms with Gasteiger partial charge in [0.15, 0.2) is 10.9 Å². The van der Waals surface area contributed by atoms with Gasteiger partial charge in [-0.15, -0.1) is 10.2 Å². The van der Waals surface area contributed by atoms with Crippen LogP contribution in [0.3, 0.4) is 0 Å². The Morgan fingerprint density at radius 2 is 2.00 bits per heavy atom. The number of anilines is 1. The molecule has 0 saturated carbocycles. The average Bonchev–Trinajstić information content (AvgIpc) is 2.93. The van der Waals surface area contributed by atoms with E-state index in [1.807, 2.05) is 11.5 Å². The smallest absolute Gasteiger partial charge is 0.234 e. The summed E-state index contributed by atoms with van der Waals surface area (Å²) in [6, 6.07) is 6.82. The number of carbonyl (C=O) groups excluding carboxylic acids is 2. The second-order valence-corrected chi connectivity index (χ2v) is 5.31. The van der Waals surface area contributed by atoms with Gasteiger partial charge in [-0.1, -0.05) is 11.8 Å². The van der Waals surface area contributed by atoms with Crippen molar-refractivity contribution in [2.45, 2.75) is 25.5 Å². The van der Waals surface area contributed by atoms with Crippen LogP contribution in [-0.4, -0.2) is 32.2 Å². The van der Waals surface area contributed by atoms with Gasteiger partial charge in [-0.05, 0) is 38.1 Å². The van der Waals surface area contributed by atoms with Gasteiger partial charge < -0.3 is 9.88 Å². The van der Waals surface area contributed by atoms with Crippen LogP contribution in [0.25, 0.3) is 0 Å². The summed E-state index contributed by atoms with van der Waals surface area (Å²) in [4.78, 5) is 23.0. The lowest BCUT2D eigenvalue weighted by atomic mass is 10.1. The molecule has 1 aromatic carbocycles. The molecule has 0 radical (unpaired) electrons. The highest BCUT2D eigenvalue weighted by Crippen LogP contribution is 2.16. The molecule has 7 heteroatoms. The van der Waals surface area contributed by atoms with E-state index in [9.17, 15) is 9.59 Å². The molecule has 0 unspecified atom stereocenters. The van der Waals surface area contributed by atoms with Crippen molar-refractivity contribution in [3.63, 3.8) is 0 Å². The topological polar surface area (TPSA) is 76.9 Å². The van der Waals surface area contributed by atoms with Gasteiger partial charge in [-0.25, -0.2) is 0 Å². The lowest BCUT2D eigenvalue weighted by molar-refractivity contribution is -0.113. The van der Waals surface area contributed by atoms with E-state index in [1.165, 1.54) is 18.7 Å². The summed E-state index contributed by atoms with van der Waals surface area (Å²) in [7, 11) is 0. The van der Waals surface area contributed by atoms with E-state index in [2.05, 4.69) is 15.5 Å². The lowest BCUT2D eigenvalue weighted by Gasteiger charge is -2.06. The zero-order valence-electron chi connectivity index (χ0n) is 11.9. The highest BCUT2D eigenvalue weighted by atomic mass is 32.2. The van der Waals surface area contributed by atoms with Crippen LogP contribution >= 0.6 is 11.8 Å². The van der Waals surface area contributed by atoms with Gasteiger partial charge >= 0.3 is 0 Å².